The third-order valence-corrected chi connectivity index (χ3v) is 7.64. The fourth-order valence-electron chi connectivity index (χ4n) is 5.32. The van der Waals surface area contributed by atoms with Crippen molar-refractivity contribution in [2.24, 2.45) is 20.0 Å². The molecule has 5 aromatic heterocycles. The maximum atomic E-state index is 12.7. The number of hydrogen-bond donors (Lipinski definition) is 1. The van der Waals surface area contributed by atoms with E-state index in [1.165, 1.54) is 6.33 Å². The molecule has 45 heavy (non-hydrogen) atoms. The Kier molecular flexibility index (Phi) is 10.7. The van der Waals surface area contributed by atoms with Gasteiger partial charge in [0.2, 0.25) is 0 Å². The lowest BCUT2D eigenvalue weighted by Gasteiger charge is -2.10. The molecule has 1 unspecified atom stereocenters. The van der Waals surface area contributed by atoms with Gasteiger partial charge in [-0.05, 0) is 37.3 Å². The number of nitrogen functional groups attached to an aromatic ring is 1. The van der Waals surface area contributed by atoms with Crippen LogP contribution in [0.25, 0.3) is 38.2 Å². The number of aryl methyl sites for hydroxylation is 4. The van der Waals surface area contributed by atoms with E-state index in [0.717, 1.165) is 28.7 Å². The monoisotopic (exact) mass is 616 g/mol. The van der Waals surface area contributed by atoms with Crippen molar-refractivity contribution in [3.63, 3.8) is 0 Å². The zero-order valence-corrected chi connectivity index (χ0v) is 26.4. The maximum absolute atomic E-state index is 12.7. The molecule has 0 radical (unpaired) electrons. The van der Waals surface area contributed by atoms with E-state index in [0.29, 0.717) is 47.8 Å². The van der Waals surface area contributed by atoms with E-state index in [4.69, 9.17) is 21.9 Å². The number of nitrogens with zero attached hydrogens (tertiary/aromatic N) is 9. The maximum Gasteiger partial charge on any atom is 0.373 e. The minimum Gasteiger partial charge on any atom is -0.382 e. The lowest BCUT2D eigenvalue weighted by atomic mass is 10.0. The van der Waals surface area contributed by atoms with E-state index < -0.39 is 4.92 Å². The number of rotatable bonds is 8. The Balaban J connectivity index is 0.000000227. The minimum absolute atomic E-state index is 0.00557. The van der Waals surface area contributed by atoms with Crippen molar-refractivity contribution < 1.29 is 19.3 Å². The zero-order valence-electron chi connectivity index (χ0n) is 26.4. The summed E-state index contributed by atoms with van der Waals surface area (Å²) in [5, 5.41) is 12.3. The number of anilines is 1. The molecule has 0 aliphatic carbocycles. The predicted octanol–water partition coefficient (Wildman–Crippen LogP) is 5.10. The third kappa shape index (κ3) is 6.22. The van der Waals surface area contributed by atoms with Crippen LogP contribution in [0.15, 0.2) is 24.8 Å². The molecule has 1 atom stereocenters. The summed E-state index contributed by atoms with van der Waals surface area (Å²) in [7, 11) is 3.66. The molecule has 0 saturated heterocycles. The SMILES string of the molecule is CCC(C)C(=O)c1cc2c3c(ncn3C)c(N)nc2n1CC.O=C=O.[C-]#[N+]c1ncn(C)c1-c1cc(CC)n(CC)c1[N+](=O)[O-]. The second kappa shape index (κ2) is 14.2. The van der Waals surface area contributed by atoms with Gasteiger partial charge in [0.15, 0.2) is 17.9 Å². The topological polar surface area (TPSA) is 183 Å². The van der Waals surface area contributed by atoms with Gasteiger partial charge in [-0.3, -0.25) is 4.79 Å². The summed E-state index contributed by atoms with van der Waals surface area (Å²) in [5.41, 5.74) is 10.9. The molecule has 0 saturated carbocycles. The smallest absolute Gasteiger partial charge is 0.373 e. The number of ketones is 1. The quantitative estimate of drug-likeness (QED) is 0.107. The van der Waals surface area contributed by atoms with Crippen LogP contribution in [0.4, 0.5) is 17.5 Å². The largest absolute Gasteiger partial charge is 0.382 e. The molecule has 5 rings (SSSR count). The predicted molar refractivity (Wildman–Crippen MR) is 167 cm³/mol. The first-order valence-corrected chi connectivity index (χ1v) is 14.3. The standard InChI is InChI=1S/C16H21N5O.C13H15N5O2.CO2/c1-5-9(3)14(22)11-7-10-13-12(18-8-20(13)4)15(17)19-16(10)21(11)6-2;1-5-9-7-10(13(18(19)20)17(9)6-2)11-12(14-3)15-8-16(11)4;2-1-3/h7-9H,5-6H2,1-4H3,(H2,17,19);7-8H,5-6H2,1-2,4H3;. The molecule has 5 heterocycles. The van der Waals surface area contributed by atoms with Gasteiger partial charge in [0.05, 0.1) is 35.3 Å². The highest BCUT2D eigenvalue weighted by Crippen LogP contribution is 2.38. The van der Waals surface area contributed by atoms with Crippen LogP contribution in [-0.4, -0.2) is 50.1 Å². The van der Waals surface area contributed by atoms with Gasteiger partial charge in [-0.2, -0.15) is 9.59 Å². The summed E-state index contributed by atoms with van der Waals surface area (Å²) in [6.45, 7) is 18.2. The van der Waals surface area contributed by atoms with Crippen LogP contribution in [0.3, 0.4) is 0 Å². The molecule has 0 aliphatic heterocycles. The lowest BCUT2D eigenvalue weighted by Crippen LogP contribution is -2.15. The summed E-state index contributed by atoms with van der Waals surface area (Å²) in [5.74, 6) is 0.757. The summed E-state index contributed by atoms with van der Waals surface area (Å²) in [6, 6.07) is 3.72. The summed E-state index contributed by atoms with van der Waals surface area (Å²) in [4.78, 5) is 56.1. The molecule has 0 aromatic carbocycles. The van der Waals surface area contributed by atoms with E-state index in [1.807, 2.05) is 56.9 Å². The van der Waals surface area contributed by atoms with Crippen LogP contribution in [-0.2, 0) is 43.2 Å². The van der Waals surface area contributed by atoms with Crippen molar-refractivity contribution in [1.29, 1.82) is 0 Å². The van der Waals surface area contributed by atoms with Crippen LogP contribution in [0, 0.1) is 22.6 Å². The number of fused-ring (bicyclic) bond motifs is 3. The van der Waals surface area contributed by atoms with E-state index in [1.54, 1.807) is 28.6 Å². The Morgan fingerprint density at radius 3 is 2.24 bits per heavy atom. The van der Waals surface area contributed by atoms with E-state index in [9.17, 15) is 14.9 Å². The Labute approximate surface area is 259 Å². The Morgan fingerprint density at radius 2 is 1.71 bits per heavy atom. The number of Topliss-reactive ketones (excluding diaryl/α,β-unsaturated/α-hetero) is 1. The number of pyridine rings is 1. The van der Waals surface area contributed by atoms with Gasteiger partial charge in [-0.15, -0.1) is 4.98 Å². The highest BCUT2D eigenvalue weighted by atomic mass is 16.6. The zero-order chi connectivity index (χ0) is 33.6. The molecule has 0 amide bonds. The fourth-order valence-corrected chi connectivity index (χ4v) is 5.32. The second-order valence-electron chi connectivity index (χ2n) is 10.2. The van der Waals surface area contributed by atoms with Crippen molar-refractivity contribution in [3.05, 3.63) is 57.7 Å². The van der Waals surface area contributed by atoms with E-state index in [2.05, 4.69) is 19.8 Å². The molecule has 15 nitrogen and oxygen atoms in total. The Morgan fingerprint density at radius 1 is 1.09 bits per heavy atom. The van der Waals surface area contributed by atoms with Crippen LogP contribution in [0.1, 0.15) is 57.2 Å². The van der Waals surface area contributed by atoms with Gasteiger partial charge in [-0.25, -0.2) is 14.5 Å². The van der Waals surface area contributed by atoms with E-state index in [-0.39, 0.29) is 29.5 Å². The van der Waals surface area contributed by atoms with Crippen LogP contribution in [0.5, 0.6) is 0 Å². The molecule has 0 aliphatic rings. The van der Waals surface area contributed by atoms with Crippen LogP contribution < -0.4 is 5.73 Å². The molecule has 0 bridgehead atoms. The first-order valence-electron chi connectivity index (χ1n) is 14.3. The first-order chi connectivity index (χ1) is 21.4. The molecular weight excluding hydrogens is 580 g/mol. The Hall–Kier alpha value is -5.61. The highest BCUT2D eigenvalue weighted by molar-refractivity contribution is 6.10. The molecule has 15 heteroatoms. The fraction of sp³-hybridized carbons (Fsp3) is 0.400. The average Bonchev–Trinajstić information content (AvgIpc) is 3.79. The van der Waals surface area contributed by atoms with Gasteiger partial charge in [0, 0.05) is 38.4 Å². The van der Waals surface area contributed by atoms with Gasteiger partial charge < -0.3 is 34.4 Å². The number of aromatic nitrogens is 7. The average molecular weight is 617 g/mol. The Bertz CT molecular complexity index is 1950. The number of imidazole rings is 2. The molecule has 5 aromatic rings. The first kappa shape index (κ1) is 33.9. The minimum atomic E-state index is -0.390. The lowest BCUT2D eigenvalue weighted by molar-refractivity contribution is -0.391. The van der Waals surface area contributed by atoms with Crippen molar-refractivity contribution in [2.45, 2.75) is 60.5 Å². The molecular formula is C30H36N10O5. The van der Waals surface area contributed by atoms with Gasteiger partial charge in [0.1, 0.15) is 16.9 Å². The molecule has 2 N–H and O–H groups in total. The number of carbonyl (C=O) groups is 1. The van der Waals surface area contributed by atoms with Gasteiger partial charge in [0.25, 0.3) is 5.82 Å². The van der Waals surface area contributed by atoms with Crippen molar-refractivity contribution in [2.75, 3.05) is 5.73 Å². The number of carbonyl (C=O) groups excluding carboxylic acids is 3. The van der Waals surface area contributed by atoms with Crippen molar-refractivity contribution >= 4 is 51.5 Å². The van der Waals surface area contributed by atoms with E-state index >= 15 is 0 Å². The number of nitro groups is 1. The second-order valence-corrected chi connectivity index (χ2v) is 10.2. The number of hydrogen-bond acceptors (Lipinski definition) is 9. The van der Waals surface area contributed by atoms with Crippen molar-refractivity contribution in [3.8, 4) is 11.3 Å². The molecule has 236 valence electrons. The van der Waals surface area contributed by atoms with Gasteiger partial charge in [-0.1, -0.05) is 27.3 Å². The summed E-state index contributed by atoms with van der Waals surface area (Å²) in [6.07, 6.45) is 4.99. The van der Waals surface area contributed by atoms with Gasteiger partial charge >= 0.3 is 12.0 Å². The third-order valence-electron chi connectivity index (χ3n) is 7.64. The van der Waals surface area contributed by atoms with Crippen LogP contribution >= 0.6 is 0 Å². The molecule has 0 spiro atoms. The normalized spacial score (nSPS) is 11.2. The highest BCUT2D eigenvalue weighted by Gasteiger charge is 2.28. The summed E-state index contributed by atoms with van der Waals surface area (Å²) < 4.78 is 7.20. The molecule has 0 fully saturated rings. The van der Waals surface area contributed by atoms with Crippen molar-refractivity contribution in [1.82, 2.24) is 33.2 Å². The van der Waals surface area contributed by atoms with Crippen LogP contribution in [0.2, 0.25) is 0 Å². The summed E-state index contributed by atoms with van der Waals surface area (Å²) >= 11 is 0. The number of nitrogens with two attached hydrogens (primary N) is 1.